The summed E-state index contributed by atoms with van der Waals surface area (Å²) in [5, 5.41) is 7.31. The van der Waals surface area contributed by atoms with Crippen LogP contribution in [-0.2, 0) is 27.2 Å². The topological polar surface area (TPSA) is 105 Å². The summed E-state index contributed by atoms with van der Waals surface area (Å²) in [4.78, 5) is 40.2. The van der Waals surface area contributed by atoms with Crippen molar-refractivity contribution in [3.05, 3.63) is 71.0 Å². The molecule has 186 valence electrons. The number of hydrogen-bond acceptors (Lipinski definition) is 6. The van der Waals surface area contributed by atoms with Gasteiger partial charge in [-0.15, -0.1) is 0 Å². The van der Waals surface area contributed by atoms with Crippen molar-refractivity contribution in [2.75, 3.05) is 30.0 Å². The number of carbonyl (C=O) groups is 3. The molecule has 2 aliphatic heterocycles. The minimum Gasteiger partial charge on any atom is -0.497 e. The molecule has 9 nitrogen and oxygen atoms in total. The van der Waals surface area contributed by atoms with E-state index in [1.54, 1.807) is 12.0 Å². The minimum atomic E-state index is -0.517. The number of amides is 2. The number of nitrogens with one attached hydrogen (secondary N) is 1. The van der Waals surface area contributed by atoms with Gasteiger partial charge in [-0.05, 0) is 61.2 Å². The number of benzene rings is 2. The first kappa shape index (κ1) is 23.6. The number of aromatic nitrogens is 2. The van der Waals surface area contributed by atoms with Crippen LogP contribution in [-0.4, -0.2) is 48.7 Å². The van der Waals surface area contributed by atoms with Gasteiger partial charge in [-0.2, -0.15) is 5.10 Å². The number of hydrogen-bond donors (Lipinski definition) is 1. The van der Waals surface area contributed by atoms with Gasteiger partial charge in [0.2, 0.25) is 5.91 Å². The van der Waals surface area contributed by atoms with Crippen LogP contribution in [0.5, 0.6) is 5.75 Å². The van der Waals surface area contributed by atoms with Gasteiger partial charge in [0.1, 0.15) is 11.9 Å². The third-order valence-electron chi connectivity index (χ3n) is 6.88. The molecule has 1 saturated heterocycles. The average molecular weight is 489 g/mol. The Morgan fingerprint density at radius 2 is 1.69 bits per heavy atom. The molecule has 2 amide bonds. The predicted molar refractivity (Wildman–Crippen MR) is 133 cm³/mol. The maximum atomic E-state index is 13.3. The van der Waals surface area contributed by atoms with Crippen LogP contribution in [0.3, 0.4) is 0 Å². The molecular formula is C27H28N4O5. The second-order valence-electron chi connectivity index (χ2n) is 8.95. The van der Waals surface area contributed by atoms with E-state index in [9.17, 15) is 14.4 Å². The molecule has 9 heteroatoms. The number of methoxy groups -OCH3 is 1. The molecule has 36 heavy (non-hydrogen) atoms. The molecule has 3 aromatic rings. The first-order valence-electron chi connectivity index (χ1n) is 12.1. The number of piperidine rings is 1. The number of carbonyl (C=O) groups excluding carboxylic acids is 3. The largest absolute Gasteiger partial charge is 0.497 e. The first-order chi connectivity index (χ1) is 17.6. The van der Waals surface area contributed by atoms with Crippen molar-refractivity contribution in [2.24, 2.45) is 0 Å². The molecular weight excluding hydrogens is 460 g/mol. The van der Waals surface area contributed by atoms with Crippen LogP contribution in [0.2, 0.25) is 0 Å². The van der Waals surface area contributed by atoms with Crippen molar-refractivity contribution in [1.29, 1.82) is 0 Å². The molecule has 2 aliphatic rings. The van der Waals surface area contributed by atoms with Crippen molar-refractivity contribution in [2.45, 2.75) is 38.2 Å². The summed E-state index contributed by atoms with van der Waals surface area (Å²) in [5.41, 5.74) is 4.45. The van der Waals surface area contributed by atoms with Crippen LogP contribution in [0, 0.1) is 0 Å². The van der Waals surface area contributed by atoms with Gasteiger partial charge >= 0.3 is 0 Å². The molecule has 0 aliphatic carbocycles. The van der Waals surface area contributed by atoms with E-state index in [2.05, 4.69) is 10.2 Å². The Bertz CT molecular complexity index is 1250. The van der Waals surface area contributed by atoms with E-state index in [1.165, 1.54) is 0 Å². The van der Waals surface area contributed by atoms with E-state index < -0.39 is 6.10 Å². The van der Waals surface area contributed by atoms with Gasteiger partial charge in [0.05, 0.1) is 7.11 Å². The number of H-pyrrole nitrogens is 1. The quantitative estimate of drug-likeness (QED) is 0.486. The molecule has 0 spiro atoms. The van der Waals surface area contributed by atoms with Crippen molar-refractivity contribution in [3.63, 3.8) is 0 Å². The zero-order valence-electron chi connectivity index (χ0n) is 20.1. The monoisotopic (exact) mass is 488 g/mol. The lowest BCUT2D eigenvalue weighted by molar-refractivity contribution is -0.133. The van der Waals surface area contributed by atoms with Crippen LogP contribution in [0.1, 0.15) is 52.7 Å². The Labute approximate surface area is 209 Å². The first-order valence-corrected chi connectivity index (χ1v) is 12.1. The fourth-order valence-electron chi connectivity index (χ4n) is 4.92. The van der Waals surface area contributed by atoms with E-state index in [4.69, 9.17) is 9.47 Å². The molecule has 0 radical (unpaired) electrons. The van der Waals surface area contributed by atoms with E-state index in [0.717, 1.165) is 47.6 Å². The van der Waals surface area contributed by atoms with Gasteiger partial charge in [-0.3, -0.25) is 19.5 Å². The van der Waals surface area contributed by atoms with Crippen LogP contribution >= 0.6 is 0 Å². The van der Waals surface area contributed by atoms with Crippen molar-refractivity contribution < 1.29 is 23.9 Å². The molecule has 1 aromatic heterocycles. The zero-order valence-corrected chi connectivity index (χ0v) is 20.1. The van der Waals surface area contributed by atoms with E-state index >= 15 is 0 Å². The second-order valence-corrected chi connectivity index (χ2v) is 8.95. The minimum absolute atomic E-state index is 0.142. The molecule has 0 saturated carbocycles. The van der Waals surface area contributed by atoms with Crippen molar-refractivity contribution in [3.8, 4) is 5.75 Å². The maximum Gasteiger partial charge on any atom is 0.293 e. The van der Waals surface area contributed by atoms with Crippen LogP contribution in [0.4, 0.5) is 11.4 Å². The number of fused-ring (bicyclic) bond motifs is 1. The zero-order chi connectivity index (χ0) is 25.1. The molecule has 2 aromatic carbocycles. The lowest BCUT2D eigenvalue weighted by atomic mass is 9.97. The normalized spacial score (nSPS) is 16.5. The number of aromatic amines is 1. The third kappa shape index (κ3) is 4.56. The molecule has 3 heterocycles. The van der Waals surface area contributed by atoms with Gasteiger partial charge in [-0.1, -0.05) is 12.1 Å². The Kier molecular flexibility index (Phi) is 6.71. The smallest absolute Gasteiger partial charge is 0.293 e. The highest BCUT2D eigenvalue weighted by Crippen LogP contribution is 2.31. The van der Waals surface area contributed by atoms with Gasteiger partial charge in [0.15, 0.2) is 5.69 Å². The summed E-state index contributed by atoms with van der Waals surface area (Å²) in [7, 11) is 1.59. The maximum absolute atomic E-state index is 13.3. The van der Waals surface area contributed by atoms with Gasteiger partial charge in [-0.25, -0.2) is 0 Å². The Balaban J connectivity index is 1.32. The number of nitrogens with zero attached hydrogens (tertiary/aromatic N) is 3. The van der Waals surface area contributed by atoms with Gasteiger partial charge in [0, 0.05) is 48.6 Å². The highest BCUT2D eigenvalue weighted by atomic mass is 16.5. The van der Waals surface area contributed by atoms with Gasteiger partial charge in [0.25, 0.3) is 12.4 Å². The molecule has 0 bridgehead atoms. The summed E-state index contributed by atoms with van der Waals surface area (Å²) < 4.78 is 10.6. The SMILES string of the molecule is COc1ccc(C(Cc2[nH]nc3c2CCN(c2ccc(N4CCCCC4=O)cc2)C3=O)OC=O)cc1. The molecule has 1 fully saturated rings. The highest BCUT2D eigenvalue weighted by molar-refractivity contribution is 6.07. The van der Waals surface area contributed by atoms with Crippen molar-refractivity contribution >= 4 is 29.7 Å². The van der Waals surface area contributed by atoms with Gasteiger partial charge < -0.3 is 19.3 Å². The molecule has 1 unspecified atom stereocenters. The molecule has 5 rings (SSSR count). The number of rotatable bonds is 8. The number of anilines is 2. The summed E-state index contributed by atoms with van der Waals surface area (Å²) in [5.74, 6) is 0.671. The van der Waals surface area contributed by atoms with E-state index in [0.29, 0.717) is 43.7 Å². The van der Waals surface area contributed by atoms with Crippen LogP contribution in [0.15, 0.2) is 48.5 Å². The molecule has 1 atom stereocenters. The summed E-state index contributed by atoms with van der Waals surface area (Å²) in [6.45, 7) is 1.67. The molecule has 1 N–H and O–H groups in total. The van der Waals surface area contributed by atoms with Crippen LogP contribution in [0.25, 0.3) is 0 Å². The predicted octanol–water partition coefficient (Wildman–Crippen LogP) is 3.59. The lowest BCUT2D eigenvalue weighted by Gasteiger charge is -2.29. The number of ether oxygens (including phenoxy) is 2. The fourth-order valence-corrected chi connectivity index (χ4v) is 4.92. The van der Waals surface area contributed by atoms with E-state index in [-0.39, 0.29) is 11.8 Å². The van der Waals surface area contributed by atoms with Crippen molar-refractivity contribution in [1.82, 2.24) is 10.2 Å². The summed E-state index contributed by atoms with van der Waals surface area (Å²) in [6.07, 6.45) is 2.99. The Morgan fingerprint density at radius 3 is 2.36 bits per heavy atom. The lowest BCUT2D eigenvalue weighted by Crippen LogP contribution is -2.38. The van der Waals surface area contributed by atoms with Crippen LogP contribution < -0.4 is 14.5 Å². The summed E-state index contributed by atoms with van der Waals surface area (Å²) >= 11 is 0. The van der Waals surface area contributed by atoms with E-state index in [1.807, 2.05) is 53.4 Å². The Hall–Kier alpha value is -4.14. The average Bonchev–Trinajstić information content (AvgIpc) is 3.33. The fraction of sp³-hybridized carbons (Fsp3) is 0.333. The standard InChI is InChI=1S/C27H28N4O5/c1-35-21-11-5-18(6-12-21)24(36-17-32)16-23-22-13-15-31(27(34)26(22)29-28-23)20-9-7-19(8-10-20)30-14-3-2-4-25(30)33/h5-12,17,24H,2-4,13-16H2,1H3,(H,28,29). The highest BCUT2D eigenvalue weighted by Gasteiger charge is 2.31. The second kappa shape index (κ2) is 10.2. The summed E-state index contributed by atoms with van der Waals surface area (Å²) in [6, 6.07) is 14.9. The Morgan fingerprint density at radius 1 is 0.972 bits per heavy atom. The third-order valence-corrected chi connectivity index (χ3v) is 6.88.